The molecule has 0 aromatic rings. The molecular formula is C50H91N2O6P. The quantitative estimate of drug-likeness (QED) is 0.0273. The van der Waals surface area contributed by atoms with Gasteiger partial charge in [0.2, 0.25) is 5.91 Å². The maximum absolute atomic E-state index is 12.8. The predicted octanol–water partition coefficient (Wildman–Crippen LogP) is 14.0. The summed E-state index contributed by atoms with van der Waals surface area (Å²) < 4.78 is 22.2. The Bertz CT molecular complexity index is 1150. The Morgan fingerprint density at radius 2 is 1.00 bits per heavy atom. The normalized spacial score (nSPS) is 14.6. The van der Waals surface area contributed by atoms with Crippen LogP contribution in [0.3, 0.4) is 0 Å². The van der Waals surface area contributed by atoms with Gasteiger partial charge >= 0.3 is 7.82 Å². The van der Waals surface area contributed by atoms with E-state index in [4.69, 9.17) is 14.8 Å². The van der Waals surface area contributed by atoms with Crippen LogP contribution < -0.4 is 11.1 Å². The molecule has 0 saturated heterocycles. The van der Waals surface area contributed by atoms with Crippen molar-refractivity contribution in [2.24, 2.45) is 5.73 Å². The highest BCUT2D eigenvalue weighted by molar-refractivity contribution is 7.47. The summed E-state index contributed by atoms with van der Waals surface area (Å²) in [5.41, 5.74) is 5.38. The number of unbranched alkanes of at least 4 members (excludes halogenated alkanes) is 22. The Balaban J connectivity index is 4.22. The first-order valence-corrected chi connectivity index (χ1v) is 25.6. The van der Waals surface area contributed by atoms with E-state index in [9.17, 15) is 19.4 Å². The molecule has 0 aromatic carbocycles. The van der Waals surface area contributed by atoms with Gasteiger partial charge in [0.1, 0.15) is 0 Å². The van der Waals surface area contributed by atoms with Crippen LogP contribution in [0, 0.1) is 0 Å². The zero-order valence-corrected chi connectivity index (χ0v) is 38.9. The summed E-state index contributed by atoms with van der Waals surface area (Å²) in [6, 6.07) is -0.886. The SMILES string of the molecule is CC/C=C\C/C=C\C/C=C\C/C=C\CCCCCCCCCCC(=O)NC(COP(=O)(O)OCCN)C(O)/C=C/CC/C=C/CCCCCCCCCCCCCCC. The van der Waals surface area contributed by atoms with Crippen LogP contribution in [-0.4, -0.2) is 47.8 Å². The third-order valence-electron chi connectivity index (χ3n) is 10.3. The van der Waals surface area contributed by atoms with Crippen molar-refractivity contribution in [3.05, 3.63) is 72.9 Å². The Kier molecular flexibility index (Phi) is 43.9. The van der Waals surface area contributed by atoms with E-state index >= 15 is 0 Å². The molecule has 0 heterocycles. The molecule has 9 heteroatoms. The molecule has 5 N–H and O–H groups in total. The highest BCUT2D eigenvalue weighted by Gasteiger charge is 2.26. The van der Waals surface area contributed by atoms with E-state index in [2.05, 4.69) is 79.9 Å². The van der Waals surface area contributed by atoms with Gasteiger partial charge in [-0.3, -0.25) is 13.8 Å². The smallest absolute Gasteiger partial charge is 0.387 e. The average molecular weight is 847 g/mol. The molecular weight excluding hydrogens is 756 g/mol. The molecule has 0 aromatic heterocycles. The molecule has 0 aliphatic carbocycles. The minimum Gasteiger partial charge on any atom is -0.387 e. The van der Waals surface area contributed by atoms with Gasteiger partial charge in [-0.05, 0) is 70.6 Å². The molecule has 8 nitrogen and oxygen atoms in total. The summed E-state index contributed by atoms with van der Waals surface area (Å²) in [5, 5.41) is 13.7. The topological polar surface area (TPSA) is 131 Å². The Morgan fingerprint density at radius 1 is 0.576 bits per heavy atom. The number of carbonyl (C=O) groups excluding carboxylic acids is 1. The Labute approximate surface area is 363 Å². The van der Waals surface area contributed by atoms with Crippen LogP contribution in [0.2, 0.25) is 0 Å². The van der Waals surface area contributed by atoms with Gasteiger partial charge in [-0.25, -0.2) is 4.57 Å². The molecule has 59 heavy (non-hydrogen) atoms. The van der Waals surface area contributed by atoms with Gasteiger partial charge in [0.15, 0.2) is 0 Å². The number of allylic oxidation sites excluding steroid dienone is 11. The predicted molar refractivity (Wildman–Crippen MR) is 253 cm³/mol. The number of hydrogen-bond acceptors (Lipinski definition) is 6. The van der Waals surface area contributed by atoms with Gasteiger partial charge in [0, 0.05) is 13.0 Å². The lowest BCUT2D eigenvalue weighted by molar-refractivity contribution is -0.123. The molecule has 0 aliphatic heterocycles. The van der Waals surface area contributed by atoms with E-state index in [1.54, 1.807) is 6.08 Å². The summed E-state index contributed by atoms with van der Waals surface area (Å²) in [5.74, 6) is -0.214. The molecule has 3 atom stereocenters. The summed E-state index contributed by atoms with van der Waals surface area (Å²) in [4.78, 5) is 22.8. The number of amides is 1. The molecule has 0 bridgehead atoms. The van der Waals surface area contributed by atoms with Gasteiger partial charge in [0.25, 0.3) is 0 Å². The van der Waals surface area contributed by atoms with Crippen LogP contribution >= 0.6 is 7.82 Å². The molecule has 3 unspecified atom stereocenters. The number of nitrogens with one attached hydrogen (secondary N) is 1. The van der Waals surface area contributed by atoms with Crippen molar-refractivity contribution < 1.29 is 28.4 Å². The fraction of sp³-hybridized carbons (Fsp3) is 0.740. The number of hydrogen-bond donors (Lipinski definition) is 4. The van der Waals surface area contributed by atoms with Gasteiger partial charge < -0.3 is 21.1 Å². The number of aliphatic hydroxyl groups is 1. The minimum atomic E-state index is -4.36. The van der Waals surface area contributed by atoms with Crippen molar-refractivity contribution in [2.75, 3.05) is 19.8 Å². The second-order valence-electron chi connectivity index (χ2n) is 15.9. The van der Waals surface area contributed by atoms with E-state index < -0.39 is 20.0 Å². The lowest BCUT2D eigenvalue weighted by atomic mass is 10.0. The lowest BCUT2D eigenvalue weighted by Crippen LogP contribution is -2.45. The number of phosphoric acid groups is 1. The minimum absolute atomic E-state index is 0.0694. The standard InChI is InChI=1S/C50H91N2O6P/c1-3-5-7-9-11-13-15-17-19-21-23-24-26-28-30-32-34-36-38-40-42-44-50(54)52-48(47-58-59(55,56)57-46-45-51)49(53)43-41-39-37-35-33-31-29-27-25-22-20-18-16-14-12-10-8-6-4-2/h5,7,11,13,17,19,23-24,33,35,41,43,48-49,53H,3-4,6,8-10,12,14-16,18,20-22,25-32,34,36-40,42,44-47,51H2,1-2H3,(H,52,54)(H,55,56)/b7-5-,13-11-,19-17-,24-23-,35-33+,43-41+. The second kappa shape index (κ2) is 45.5. The van der Waals surface area contributed by atoms with Crippen LogP contribution in [0.15, 0.2) is 72.9 Å². The highest BCUT2D eigenvalue weighted by atomic mass is 31.2. The fourth-order valence-corrected chi connectivity index (χ4v) is 7.43. The largest absolute Gasteiger partial charge is 0.472 e. The average Bonchev–Trinajstić information content (AvgIpc) is 3.22. The van der Waals surface area contributed by atoms with Crippen molar-refractivity contribution in [2.45, 2.75) is 219 Å². The zero-order valence-electron chi connectivity index (χ0n) is 38.0. The number of aliphatic hydroxyl groups excluding tert-OH is 1. The van der Waals surface area contributed by atoms with Crippen molar-refractivity contribution in [3.63, 3.8) is 0 Å². The Hall–Kier alpha value is -2.06. The van der Waals surface area contributed by atoms with E-state index in [-0.39, 0.29) is 25.7 Å². The monoisotopic (exact) mass is 847 g/mol. The number of nitrogens with two attached hydrogens (primary N) is 1. The molecule has 342 valence electrons. The van der Waals surface area contributed by atoms with Gasteiger partial charge in [-0.2, -0.15) is 0 Å². The molecule has 0 radical (unpaired) electrons. The van der Waals surface area contributed by atoms with Gasteiger partial charge in [-0.15, -0.1) is 0 Å². The summed E-state index contributed by atoms with van der Waals surface area (Å²) in [7, 11) is -4.36. The van der Waals surface area contributed by atoms with Crippen molar-refractivity contribution in [1.29, 1.82) is 0 Å². The first-order valence-electron chi connectivity index (χ1n) is 24.1. The number of rotatable bonds is 44. The zero-order chi connectivity index (χ0) is 43.2. The van der Waals surface area contributed by atoms with Crippen molar-refractivity contribution >= 4 is 13.7 Å². The molecule has 0 aliphatic rings. The van der Waals surface area contributed by atoms with Crippen molar-refractivity contribution in [1.82, 2.24) is 5.32 Å². The van der Waals surface area contributed by atoms with Gasteiger partial charge in [-0.1, -0.05) is 202 Å². The van der Waals surface area contributed by atoms with Crippen LogP contribution in [0.5, 0.6) is 0 Å². The third-order valence-corrected chi connectivity index (χ3v) is 11.3. The summed E-state index contributed by atoms with van der Waals surface area (Å²) in [6.45, 7) is 4.00. The van der Waals surface area contributed by atoms with Crippen LogP contribution in [0.1, 0.15) is 206 Å². The number of carbonyl (C=O) groups is 1. The van der Waals surface area contributed by atoms with Crippen molar-refractivity contribution in [3.8, 4) is 0 Å². The summed E-state index contributed by atoms with van der Waals surface area (Å²) >= 11 is 0. The molecule has 0 spiro atoms. The van der Waals surface area contributed by atoms with Crippen LogP contribution in [-0.2, 0) is 18.4 Å². The fourth-order valence-electron chi connectivity index (χ4n) is 6.67. The molecule has 0 rings (SSSR count). The van der Waals surface area contributed by atoms with E-state index in [1.165, 1.54) is 109 Å². The first-order chi connectivity index (χ1) is 28.9. The molecule has 0 saturated carbocycles. The Morgan fingerprint density at radius 3 is 1.51 bits per heavy atom. The maximum atomic E-state index is 12.8. The summed E-state index contributed by atoms with van der Waals surface area (Å²) in [6.07, 6.45) is 59.6. The molecule has 1 amide bonds. The number of phosphoric ester groups is 1. The van der Waals surface area contributed by atoms with Crippen LogP contribution in [0.4, 0.5) is 0 Å². The van der Waals surface area contributed by atoms with Gasteiger partial charge in [0.05, 0.1) is 25.4 Å². The second-order valence-corrected chi connectivity index (χ2v) is 17.4. The maximum Gasteiger partial charge on any atom is 0.472 e. The highest BCUT2D eigenvalue weighted by Crippen LogP contribution is 2.43. The lowest BCUT2D eigenvalue weighted by Gasteiger charge is -2.23. The first kappa shape index (κ1) is 56.9. The van der Waals surface area contributed by atoms with E-state index in [0.29, 0.717) is 6.42 Å². The molecule has 0 fully saturated rings. The van der Waals surface area contributed by atoms with Crippen LogP contribution in [0.25, 0.3) is 0 Å². The van der Waals surface area contributed by atoms with E-state index in [1.807, 2.05) is 6.08 Å². The third kappa shape index (κ3) is 43.8. The van der Waals surface area contributed by atoms with E-state index in [0.717, 1.165) is 77.0 Å².